The molecule has 0 aliphatic rings. The molecule has 0 unspecified atom stereocenters. The van der Waals surface area contributed by atoms with Gasteiger partial charge in [-0.2, -0.15) is 0 Å². The van der Waals surface area contributed by atoms with Gasteiger partial charge in [0.1, 0.15) is 11.8 Å². The summed E-state index contributed by atoms with van der Waals surface area (Å²) in [5.74, 6) is 0.117. The van der Waals surface area contributed by atoms with E-state index in [0.717, 1.165) is 10.0 Å². The zero-order chi connectivity index (χ0) is 23.8. The number of benzene rings is 2. The number of nitrogens with zero attached hydrogens (tertiary/aromatic N) is 1. The standard InChI is InChI=1S/C23H26BrCl3N2O3/c1-4-20(23(31)28-11-14(2)3)29(12-15-5-7-17(25)18(26)9-15)22(30)13-32-21-8-6-16(24)10-19(21)27/h5-10,14,20H,4,11-13H2,1-3H3,(H,28,31)/t20-/m1/s1. The van der Waals surface area contributed by atoms with Crippen molar-refractivity contribution in [3.05, 3.63) is 61.5 Å². The fraction of sp³-hybridized carbons (Fsp3) is 0.391. The van der Waals surface area contributed by atoms with Crippen LogP contribution in [0.2, 0.25) is 15.1 Å². The number of amides is 2. The zero-order valence-electron chi connectivity index (χ0n) is 18.1. The third-order valence-electron chi connectivity index (χ3n) is 4.65. The Bertz CT molecular complexity index is 956. The van der Waals surface area contributed by atoms with Crippen molar-refractivity contribution in [2.24, 2.45) is 5.92 Å². The van der Waals surface area contributed by atoms with E-state index >= 15 is 0 Å². The molecular formula is C23H26BrCl3N2O3. The Morgan fingerprint density at radius 3 is 2.38 bits per heavy atom. The second-order valence-electron chi connectivity index (χ2n) is 7.70. The van der Waals surface area contributed by atoms with Gasteiger partial charge < -0.3 is 15.0 Å². The van der Waals surface area contributed by atoms with Crippen LogP contribution in [0.4, 0.5) is 0 Å². The van der Waals surface area contributed by atoms with Crippen LogP contribution in [0.1, 0.15) is 32.8 Å². The van der Waals surface area contributed by atoms with Crippen molar-refractivity contribution < 1.29 is 14.3 Å². The lowest BCUT2D eigenvalue weighted by atomic mass is 10.1. The smallest absolute Gasteiger partial charge is 0.261 e. The molecule has 0 bridgehead atoms. The number of carbonyl (C=O) groups excluding carboxylic acids is 2. The monoisotopic (exact) mass is 562 g/mol. The molecule has 0 aliphatic heterocycles. The highest BCUT2D eigenvalue weighted by Crippen LogP contribution is 2.28. The van der Waals surface area contributed by atoms with Gasteiger partial charge in [0.2, 0.25) is 5.91 Å². The first-order valence-corrected chi connectivity index (χ1v) is 12.1. The molecule has 1 atom stereocenters. The van der Waals surface area contributed by atoms with E-state index in [1.807, 2.05) is 20.8 Å². The van der Waals surface area contributed by atoms with Crippen LogP contribution in [0.5, 0.6) is 5.75 Å². The van der Waals surface area contributed by atoms with Gasteiger partial charge in [-0.15, -0.1) is 0 Å². The molecule has 0 aliphatic carbocycles. The van der Waals surface area contributed by atoms with E-state index in [4.69, 9.17) is 39.5 Å². The summed E-state index contributed by atoms with van der Waals surface area (Å²) in [6.45, 7) is 6.32. The maximum Gasteiger partial charge on any atom is 0.261 e. The number of ether oxygens (including phenoxy) is 1. The summed E-state index contributed by atoms with van der Waals surface area (Å²) < 4.78 is 6.47. The highest BCUT2D eigenvalue weighted by Gasteiger charge is 2.29. The van der Waals surface area contributed by atoms with Gasteiger partial charge in [0.05, 0.1) is 15.1 Å². The molecule has 0 saturated carbocycles. The maximum absolute atomic E-state index is 13.2. The predicted octanol–water partition coefficient (Wildman–Crippen LogP) is 6.37. The topological polar surface area (TPSA) is 58.6 Å². The molecule has 0 radical (unpaired) electrons. The van der Waals surface area contributed by atoms with Gasteiger partial charge in [0.15, 0.2) is 6.61 Å². The van der Waals surface area contributed by atoms with Crippen LogP contribution < -0.4 is 10.1 Å². The summed E-state index contributed by atoms with van der Waals surface area (Å²) in [6.07, 6.45) is 0.441. The Morgan fingerprint density at radius 2 is 1.78 bits per heavy atom. The van der Waals surface area contributed by atoms with Gasteiger partial charge in [0.25, 0.3) is 5.91 Å². The maximum atomic E-state index is 13.2. The van der Waals surface area contributed by atoms with Crippen LogP contribution in [0.25, 0.3) is 0 Å². The van der Waals surface area contributed by atoms with Crippen LogP contribution in [0.15, 0.2) is 40.9 Å². The average molecular weight is 565 g/mol. The quantitative estimate of drug-likeness (QED) is 0.365. The summed E-state index contributed by atoms with van der Waals surface area (Å²) in [7, 11) is 0. The molecule has 5 nitrogen and oxygen atoms in total. The van der Waals surface area contributed by atoms with E-state index in [1.165, 1.54) is 4.90 Å². The third kappa shape index (κ3) is 7.84. The highest BCUT2D eigenvalue weighted by molar-refractivity contribution is 9.10. The summed E-state index contributed by atoms with van der Waals surface area (Å²) in [4.78, 5) is 27.6. The molecule has 2 rings (SSSR count). The lowest BCUT2D eigenvalue weighted by Gasteiger charge is -2.31. The molecule has 1 N–H and O–H groups in total. The van der Waals surface area contributed by atoms with Crippen molar-refractivity contribution in [2.45, 2.75) is 39.8 Å². The Labute approximate surface area is 212 Å². The van der Waals surface area contributed by atoms with Gasteiger partial charge in [-0.1, -0.05) is 77.6 Å². The summed E-state index contributed by atoms with van der Waals surface area (Å²) >= 11 is 21.7. The van der Waals surface area contributed by atoms with Crippen LogP contribution in [-0.2, 0) is 16.1 Å². The molecule has 0 fully saturated rings. The molecule has 0 saturated heterocycles. The Hall–Kier alpha value is -1.47. The number of hydrogen-bond acceptors (Lipinski definition) is 3. The molecule has 32 heavy (non-hydrogen) atoms. The van der Waals surface area contributed by atoms with E-state index in [2.05, 4.69) is 21.2 Å². The van der Waals surface area contributed by atoms with Gasteiger partial charge >= 0.3 is 0 Å². The van der Waals surface area contributed by atoms with E-state index in [9.17, 15) is 9.59 Å². The lowest BCUT2D eigenvalue weighted by molar-refractivity contribution is -0.143. The van der Waals surface area contributed by atoms with Crippen molar-refractivity contribution in [1.82, 2.24) is 10.2 Å². The second-order valence-corrected chi connectivity index (χ2v) is 9.83. The first kappa shape index (κ1) is 26.8. The van der Waals surface area contributed by atoms with Crippen molar-refractivity contribution in [1.29, 1.82) is 0 Å². The van der Waals surface area contributed by atoms with Crippen LogP contribution in [0, 0.1) is 5.92 Å². The molecular weight excluding hydrogens is 539 g/mol. The fourth-order valence-corrected chi connectivity index (χ4v) is 4.04. The summed E-state index contributed by atoms with van der Waals surface area (Å²) in [5.41, 5.74) is 0.754. The molecule has 2 aromatic carbocycles. The van der Waals surface area contributed by atoms with Crippen LogP contribution >= 0.6 is 50.7 Å². The first-order valence-electron chi connectivity index (χ1n) is 10.2. The second kappa shape index (κ2) is 12.7. The predicted molar refractivity (Wildman–Crippen MR) is 134 cm³/mol. The van der Waals surface area contributed by atoms with E-state index in [0.29, 0.717) is 39.7 Å². The molecule has 174 valence electrons. The minimum absolute atomic E-state index is 0.181. The number of carbonyl (C=O) groups is 2. The minimum atomic E-state index is -0.667. The first-order chi connectivity index (χ1) is 15.1. The third-order valence-corrected chi connectivity index (χ3v) is 6.18. The van der Waals surface area contributed by atoms with E-state index < -0.39 is 6.04 Å². The summed E-state index contributed by atoms with van der Waals surface area (Å²) in [5, 5.41) is 4.10. The SMILES string of the molecule is CC[C@H](C(=O)NCC(C)C)N(Cc1ccc(Cl)c(Cl)c1)C(=O)COc1ccc(Br)cc1Cl. The number of halogens is 4. The molecule has 0 aromatic heterocycles. The fourth-order valence-electron chi connectivity index (χ4n) is 2.99. The lowest BCUT2D eigenvalue weighted by Crippen LogP contribution is -2.50. The normalized spacial score (nSPS) is 11.9. The number of rotatable bonds is 10. The average Bonchev–Trinajstić information content (AvgIpc) is 2.73. The van der Waals surface area contributed by atoms with Gasteiger partial charge in [-0.05, 0) is 48.2 Å². The molecule has 2 aromatic rings. The Kier molecular flexibility index (Phi) is 10.6. The Balaban J connectivity index is 2.24. The van der Waals surface area contributed by atoms with Crippen LogP contribution in [0.3, 0.4) is 0 Å². The molecule has 0 heterocycles. The molecule has 9 heteroatoms. The van der Waals surface area contributed by atoms with Crippen molar-refractivity contribution in [3.8, 4) is 5.75 Å². The van der Waals surface area contributed by atoms with Gasteiger partial charge in [-0.25, -0.2) is 0 Å². The van der Waals surface area contributed by atoms with Crippen molar-refractivity contribution >= 4 is 62.5 Å². The summed E-state index contributed by atoms with van der Waals surface area (Å²) in [6, 6.07) is 9.60. The minimum Gasteiger partial charge on any atom is -0.482 e. The van der Waals surface area contributed by atoms with Crippen molar-refractivity contribution in [3.63, 3.8) is 0 Å². The Morgan fingerprint density at radius 1 is 1.06 bits per heavy atom. The van der Waals surface area contributed by atoms with E-state index in [-0.39, 0.29) is 25.0 Å². The van der Waals surface area contributed by atoms with Crippen molar-refractivity contribution in [2.75, 3.05) is 13.2 Å². The number of hydrogen-bond donors (Lipinski definition) is 1. The van der Waals surface area contributed by atoms with Gasteiger partial charge in [-0.3, -0.25) is 9.59 Å². The van der Waals surface area contributed by atoms with Crippen LogP contribution in [-0.4, -0.2) is 35.9 Å². The van der Waals surface area contributed by atoms with E-state index in [1.54, 1.807) is 36.4 Å². The molecule has 2 amide bonds. The largest absolute Gasteiger partial charge is 0.482 e. The number of nitrogens with one attached hydrogen (secondary N) is 1. The zero-order valence-corrected chi connectivity index (χ0v) is 22.0. The highest BCUT2D eigenvalue weighted by atomic mass is 79.9. The molecule has 0 spiro atoms. The van der Waals surface area contributed by atoms with Gasteiger partial charge in [0, 0.05) is 17.6 Å².